The van der Waals surface area contributed by atoms with Gasteiger partial charge in [-0.25, -0.2) is 4.98 Å². The Morgan fingerprint density at radius 3 is 2.57 bits per heavy atom. The lowest BCUT2D eigenvalue weighted by molar-refractivity contribution is 0.727. The standard InChI is InChI=1S/C20H16ClN3O2S2/c1-13-12-28-20(26)23(13)10-11-27-19-22-17-5-3-2-4-16(17)18(25)24(19)15-8-6-14(21)7-9-15/h2-9,12H,10-11H2,1H3. The first-order chi connectivity index (χ1) is 13.5. The van der Waals surface area contributed by atoms with Crippen molar-refractivity contribution in [1.29, 1.82) is 0 Å². The molecule has 0 saturated carbocycles. The highest BCUT2D eigenvalue weighted by atomic mass is 35.5. The summed E-state index contributed by atoms with van der Waals surface area (Å²) >= 11 is 8.66. The molecule has 8 heteroatoms. The Morgan fingerprint density at radius 2 is 1.86 bits per heavy atom. The van der Waals surface area contributed by atoms with Gasteiger partial charge in [-0.2, -0.15) is 0 Å². The number of hydrogen-bond donors (Lipinski definition) is 0. The summed E-state index contributed by atoms with van der Waals surface area (Å²) in [5, 5.41) is 3.61. The van der Waals surface area contributed by atoms with E-state index in [-0.39, 0.29) is 10.4 Å². The largest absolute Gasteiger partial charge is 0.307 e. The zero-order valence-corrected chi connectivity index (χ0v) is 17.4. The van der Waals surface area contributed by atoms with Gasteiger partial charge < -0.3 is 4.57 Å². The second-order valence-electron chi connectivity index (χ2n) is 6.17. The van der Waals surface area contributed by atoms with Gasteiger partial charge in [0.2, 0.25) is 0 Å². The average Bonchev–Trinajstić information content (AvgIpc) is 3.01. The second-order valence-corrected chi connectivity index (χ2v) is 8.49. The molecule has 142 valence electrons. The number of halogens is 1. The molecule has 0 saturated heterocycles. The molecule has 4 aromatic rings. The van der Waals surface area contributed by atoms with Crippen LogP contribution in [-0.4, -0.2) is 19.9 Å². The molecule has 0 spiro atoms. The summed E-state index contributed by atoms with van der Waals surface area (Å²) in [4.78, 5) is 29.8. The number of benzene rings is 2. The first kappa shape index (κ1) is 19.0. The monoisotopic (exact) mass is 429 g/mol. The maximum Gasteiger partial charge on any atom is 0.307 e. The van der Waals surface area contributed by atoms with Crippen molar-refractivity contribution in [2.24, 2.45) is 0 Å². The summed E-state index contributed by atoms with van der Waals surface area (Å²) in [6.07, 6.45) is 0. The van der Waals surface area contributed by atoms with Crippen molar-refractivity contribution < 1.29 is 0 Å². The van der Waals surface area contributed by atoms with Crippen LogP contribution in [0.1, 0.15) is 5.69 Å². The lowest BCUT2D eigenvalue weighted by Gasteiger charge is -2.13. The molecule has 0 bridgehead atoms. The number of rotatable bonds is 5. The van der Waals surface area contributed by atoms with Crippen molar-refractivity contribution in [1.82, 2.24) is 14.1 Å². The highest BCUT2D eigenvalue weighted by molar-refractivity contribution is 7.99. The van der Waals surface area contributed by atoms with Gasteiger partial charge in [0.25, 0.3) is 5.56 Å². The third-order valence-electron chi connectivity index (χ3n) is 4.35. The Morgan fingerprint density at radius 1 is 1.11 bits per heavy atom. The number of para-hydroxylation sites is 1. The van der Waals surface area contributed by atoms with Gasteiger partial charge >= 0.3 is 4.87 Å². The molecular formula is C20H16ClN3O2S2. The first-order valence-corrected chi connectivity index (χ1v) is 10.8. The van der Waals surface area contributed by atoms with Crippen molar-refractivity contribution in [3.8, 4) is 5.69 Å². The number of nitrogens with zero attached hydrogens (tertiary/aromatic N) is 3. The van der Waals surface area contributed by atoms with Crippen molar-refractivity contribution >= 4 is 45.6 Å². The molecule has 5 nitrogen and oxygen atoms in total. The Bertz CT molecular complexity index is 1260. The molecule has 0 amide bonds. The van der Waals surface area contributed by atoms with Crippen molar-refractivity contribution in [2.75, 3.05) is 5.75 Å². The predicted octanol–water partition coefficient (Wildman–Crippen LogP) is 4.36. The average molecular weight is 430 g/mol. The molecule has 0 aliphatic rings. The third kappa shape index (κ3) is 3.65. The van der Waals surface area contributed by atoms with Crippen LogP contribution in [-0.2, 0) is 6.54 Å². The number of fused-ring (bicyclic) bond motifs is 1. The molecule has 4 rings (SSSR count). The van der Waals surface area contributed by atoms with Crippen molar-refractivity contribution in [3.63, 3.8) is 0 Å². The molecule has 2 aromatic carbocycles. The fraction of sp³-hybridized carbons (Fsp3) is 0.150. The quantitative estimate of drug-likeness (QED) is 0.349. The van der Waals surface area contributed by atoms with Gasteiger partial charge in [0.1, 0.15) is 0 Å². The minimum Gasteiger partial charge on any atom is -0.303 e. The van der Waals surface area contributed by atoms with E-state index in [1.807, 2.05) is 30.5 Å². The number of thioether (sulfide) groups is 1. The maximum absolute atomic E-state index is 13.2. The fourth-order valence-electron chi connectivity index (χ4n) is 2.93. The molecule has 0 N–H and O–H groups in total. The van der Waals surface area contributed by atoms with Gasteiger partial charge in [0.15, 0.2) is 5.16 Å². The highest BCUT2D eigenvalue weighted by Gasteiger charge is 2.13. The summed E-state index contributed by atoms with van der Waals surface area (Å²) < 4.78 is 3.34. The number of thiazole rings is 1. The van der Waals surface area contributed by atoms with E-state index in [9.17, 15) is 9.59 Å². The van der Waals surface area contributed by atoms with E-state index in [4.69, 9.17) is 16.6 Å². The van der Waals surface area contributed by atoms with E-state index in [0.717, 1.165) is 5.69 Å². The molecular weight excluding hydrogens is 414 g/mol. The van der Waals surface area contributed by atoms with Crippen LogP contribution in [0.25, 0.3) is 16.6 Å². The topological polar surface area (TPSA) is 56.9 Å². The Hall–Kier alpha value is -2.35. The Kier molecular flexibility index (Phi) is 5.39. The third-order valence-corrected chi connectivity index (χ3v) is 6.40. The fourth-order valence-corrected chi connectivity index (χ4v) is 4.75. The van der Waals surface area contributed by atoms with Gasteiger partial charge in [0.05, 0.1) is 16.6 Å². The van der Waals surface area contributed by atoms with Crippen LogP contribution in [0.2, 0.25) is 5.02 Å². The Labute approximate surface area is 174 Å². The van der Waals surface area contributed by atoms with E-state index in [2.05, 4.69) is 0 Å². The number of hydrogen-bond acceptors (Lipinski definition) is 5. The van der Waals surface area contributed by atoms with Crippen LogP contribution in [0.3, 0.4) is 0 Å². The molecule has 0 atom stereocenters. The van der Waals surface area contributed by atoms with E-state index in [1.54, 1.807) is 39.5 Å². The molecule has 0 aliphatic carbocycles. The SMILES string of the molecule is Cc1csc(=O)n1CCSc1nc2ccccc2c(=O)n1-c1ccc(Cl)cc1. The maximum atomic E-state index is 13.2. The Balaban J connectivity index is 1.75. The molecule has 0 unspecified atom stereocenters. The molecule has 2 aromatic heterocycles. The lowest BCUT2D eigenvalue weighted by Crippen LogP contribution is -2.22. The first-order valence-electron chi connectivity index (χ1n) is 8.60. The number of aryl methyl sites for hydroxylation is 1. The molecule has 28 heavy (non-hydrogen) atoms. The van der Waals surface area contributed by atoms with Crippen LogP contribution < -0.4 is 10.4 Å². The normalized spacial score (nSPS) is 11.2. The summed E-state index contributed by atoms with van der Waals surface area (Å²) in [6.45, 7) is 2.47. The second kappa shape index (κ2) is 7.95. The van der Waals surface area contributed by atoms with Crippen LogP contribution in [0.4, 0.5) is 0 Å². The molecule has 0 radical (unpaired) electrons. The van der Waals surface area contributed by atoms with Gasteiger partial charge in [-0.05, 0) is 43.3 Å². The number of aromatic nitrogens is 3. The lowest BCUT2D eigenvalue weighted by atomic mass is 10.2. The molecule has 2 heterocycles. The van der Waals surface area contributed by atoms with E-state index < -0.39 is 0 Å². The summed E-state index contributed by atoms with van der Waals surface area (Å²) in [5.74, 6) is 0.621. The van der Waals surface area contributed by atoms with Crippen LogP contribution in [0, 0.1) is 6.92 Å². The zero-order valence-electron chi connectivity index (χ0n) is 15.0. The zero-order chi connectivity index (χ0) is 19.7. The summed E-state index contributed by atoms with van der Waals surface area (Å²) in [7, 11) is 0. The molecule has 0 fully saturated rings. The van der Waals surface area contributed by atoms with E-state index in [1.165, 1.54) is 23.1 Å². The summed E-state index contributed by atoms with van der Waals surface area (Å²) in [5.41, 5.74) is 2.18. The minimum atomic E-state index is -0.126. The smallest absolute Gasteiger partial charge is 0.303 e. The van der Waals surface area contributed by atoms with Gasteiger partial charge in [-0.1, -0.05) is 46.8 Å². The van der Waals surface area contributed by atoms with Crippen LogP contribution in [0.15, 0.2) is 68.7 Å². The van der Waals surface area contributed by atoms with E-state index in [0.29, 0.717) is 39.1 Å². The highest BCUT2D eigenvalue weighted by Crippen LogP contribution is 2.22. The molecule has 0 aliphatic heterocycles. The summed E-state index contributed by atoms with van der Waals surface area (Å²) in [6, 6.07) is 14.4. The van der Waals surface area contributed by atoms with E-state index >= 15 is 0 Å². The van der Waals surface area contributed by atoms with Crippen LogP contribution >= 0.6 is 34.7 Å². The van der Waals surface area contributed by atoms with Gasteiger partial charge in [-0.3, -0.25) is 14.2 Å². The van der Waals surface area contributed by atoms with Crippen molar-refractivity contribution in [2.45, 2.75) is 18.6 Å². The minimum absolute atomic E-state index is 0.0275. The predicted molar refractivity (Wildman–Crippen MR) is 116 cm³/mol. The van der Waals surface area contributed by atoms with Crippen LogP contribution in [0.5, 0.6) is 0 Å². The van der Waals surface area contributed by atoms with Gasteiger partial charge in [-0.15, -0.1) is 0 Å². The van der Waals surface area contributed by atoms with Gasteiger partial charge in [0, 0.05) is 28.4 Å². The van der Waals surface area contributed by atoms with Crippen molar-refractivity contribution in [3.05, 3.63) is 84.6 Å².